The standard InChI is InChI=1S/C21H14BrClN2O3S/c1-12-18(23)17(22)11-16-19(12)25-21(26)20(16)24-13-7-9-15(10-8-13)29(27,28)14-5-3-2-4-6-14/h2-11H,1H3,(H,24,25,26). The third-order valence-corrected chi connectivity index (χ3v) is 7.73. The number of carbonyl (C=O) groups excluding carboxylic acids is 1. The van der Waals surface area contributed by atoms with Crippen LogP contribution in [0.4, 0.5) is 11.4 Å². The van der Waals surface area contributed by atoms with Gasteiger partial charge in [0.05, 0.1) is 26.2 Å². The molecule has 0 bridgehead atoms. The lowest BCUT2D eigenvalue weighted by Crippen LogP contribution is -2.14. The van der Waals surface area contributed by atoms with Crippen LogP contribution < -0.4 is 5.32 Å². The van der Waals surface area contributed by atoms with E-state index >= 15 is 0 Å². The molecule has 0 aromatic heterocycles. The van der Waals surface area contributed by atoms with Crippen molar-refractivity contribution in [2.24, 2.45) is 4.99 Å². The van der Waals surface area contributed by atoms with E-state index in [9.17, 15) is 13.2 Å². The van der Waals surface area contributed by atoms with Gasteiger partial charge in [-0.3, -0.25) is 4.79 Å². The Labute approximate surface area is 181 Å². The summed E-state index contributed by atoms with van der Waals surface area (Å²) < 4.78 is 26.1. The van der Waals surface area contributed by atoms with Gasteiger partial charge in [-0.1, -0.05) is 29.8 Å². The minimum absolute atomic E-state index is 0.161. The molecule has 0 fully saturated rings. The number of fused-ring (bicyclic) bond motifs is 1. The molecular weight excluding hydrogens is 476 g/mol. The Morgan fingerprint density at radius 3 is 2.28 bits per heavy atom. The minimum atomic E-state index is -3.61. The molecule has 5 nitrogen and oxygen atoms in total. The van der Waals surface area contributed by atoms with Crippen molar-refractivity contribution in [2.45, 2.75) is 16.7 Å². The van der Waals surface area contributed by atoms with Gasteiger partial charge in [0.15, 0.2) is 0 Å². The topological polar surface area (TPSA) is 75.6 Å². The number of amides is 1. The number of sulfone groups is 1. The van der Waals surface area contributed by atoms with Gasteiger partial charge >= 0.3 is 0 Å². The zero-order chi connectivity index (χ0) is 20.8. The molecule has 0 saturated carbocycles. The van der Waals surface area contributed by atoms with Crippen LogP contribution in [0.1, 0.15) is 11.1 Å². The first kappa shape index (κ1) is 19.8. The summed E-state index contributed by atoms with van der Waals surface area (Å²) in [4.78, 5) is 17.2. The Hall–Kier alpha value is -2.48. The second kappa shape index (κ2) is 7.40. The van der Waals surface area contributed by atoms with Gasteiger partial charge in [0, 0.05) is 10.0 Å². The summed E-state index contributed by atoms with van der Waals surface area (Å²) in [5, 5.41) is 3.32. The Bertz CT molecular complexity index is 1270. The zero-order valence-corrected chi connectivity index (χ0v) is 18.3. The molecule has 1 aliphatic rings. The molecule has 1 N–H and O–H groups in total. The SMILES string of the molecule is Cc1c(Cl)c(Br)cc2c1NC(=O)C2=Nc1ccc(S(=O)(=O)c2ccccc2)cc1. The van der Waals surface area contributed by atoms with E-state index < -0.39 is 9.84 Å². The van der Waals surface area contributed by atoms with Crippen molar-refractivity contribution in [3.05, 3.63) is 81.3 Å². The molecule has 4 rings (SSSR count). The Morgan fingerprint density at radius 2 is 1.62 bits per heavy atom. The lowest BCUT2D eigenvalue weighted by atomic mass is 10.1. The van der Waals surface area contributed by atoms with Crippen molar-refractivity contribution in [1.29, 1.82) is 0 Å². The lowest BCUT2D eigenvalue weighted by Gasteiger charge is -2.07. The summed E-state index contributed by atoms with van der Waals surface area (Å²) >= 11 is 9.63. The van der Waals surface area contributed by atoms with Crippen LogP contribution in [0.3, 0.4) is 0 Å². The molecule has 1 aliphatic heterocycles. The van der Waals surface area contributed by atoms with Gasteiger partial charge in [0.25, 0.3) is 5.91 Å². The molecule has 1 amide bonds. The monoisotopic (exact) mass is 488 g/mol. The first-order chi connectivity index (χ1) is 13.8. The Morgan fingerprint density at radius 1 is 1.00 bits per heavy atom. The predicted molar refractivity (Wildman–Crippen MR) is 117 cm³/mol. The van der Waals surface area contributed by atoms with Gasteiger partial charge in [0.2, 0.25) is 9.84 Å². The largest absolute Gasteiger partial charge is 0.320 e. The normalized spacial score (nSPS) is 14.7. The van der Waals surface area contributed by atoms with Crippen LogP contribution >= 0.6 is 27.5 Å². The number of halogens is 2. The fourth-order valence-corrected chi connectivity index (χ4v) is 5.03. The number of anilines is 1. The third kappa shape index (κ3) is 3.50. The number of nitrogens with zero attached hydrogens (tertiary/aromatic N) is 1. The molecule has 0 radical (unpaired) electrons. The molecule has 0 atom stereocenters. The maximum absolute atomic E-state index is 12.7. The van der Waals surface area contributed by atoms with Crippen molar-refractivity contribution in [1.82, 2.24) is 0 Å². The highest BCUT2D eigenvalue weighted by Crippen LogP contribution is 2.38. The molecular formula is C21H14BrClN2O3S. The number of hydrogen-bond acceptors (Lipinski definition) is 4. The fraction of sp³-hybridized carbons (Fsp3) is 0.0476. The molecule has 3 aromatic rings. The van der Waals surface area contributed by atoms with Gasteiger partial charge in [-0.15, -0.1) is 0 Å². The van der Waals surface area contributed by atoms with E-state index in [-0.39, 0.29) is 21.4 Å². The molecule has 8 heteroatoms. The number of carbonyl (C=O) groups is 1. The highest BCUT2D eigenvalue weighted by atomic mass is 79.9. The first-order valence-corrected chi connectivity index (χ1v) is 11.2. The average Bonchev–Trinajstić information content (AvgIpc) is 3.03. The molecule has 0 unspecified atom stereocenters. The second-order valence-corrected chi connectivity index (χ2v) is 9.63. The van der Waals surface area contributed by atoms with E-state index in [1.807, 2.05) is 6.92 Å². The van der Waals surface area contributed by atoms with E-state index in [4.69, 9.17) is 11.6 Å². The van der Waals surface area contributed by atoms with E-state index in [0.717, 1.165) is 5.56 Å². The minimum Gasteiger partial charge on any atom is -0.320 e. The van der Waals surface area contributed by atoms with E-state index in [0.29, 0.717) is 26.4 Å². The molecule has 146 valence electrons. The summed E-state index contributed by atoms with van der Waals surface area (Å²) in [7, 11) is -3.61. The zero-order valence-electron chi connectivity index (χ0n) is 15.1. The van der Waals surface area contributed by atoms with Crippen LogP contribution in [-0.4, -0.2) is 20.0 Å². The van der Waals surface area contributed by atoms with Crippen LogP contribution in [0.15, 0.2) is 79.9 Å². The van der Waals surface area contributed by atoms with Crippen LogP contribution in [-0.2, 0) is 14.6 Å². The molecule has 0 spiro atoms. The summed E-state index contributed by atoms with van der Waals surface area (Å²) in [6.07, 6.45) is 0. The number of aliphatic imine (C=N–C) groups is 1. The third-order valence-electron chi connectivity index (χ3n) is 4.60. The number of nitrogens with one attached hydrogen (secondary N) is 1. The number of benzene rings is 3. The van der Waals surface area contributed by atoms with Crippen molar-refractivity contribution >= 4 is 60.4 Å². The van der Waals surface area contributed by atoms with Crippen LogP contribution in [0.2, 0.25) is 5.02 Å². The van der Waals surface area contributed by atoms with Gasteiger partial charge in [0.1, 0.15) is 5.71 Å². The van der Waals surface area contributed by atoms with E-state index in [2.05, 4.69) is 26.2 Å². The number of rotatable bonds is 3. The van der Waals surface area contributed by atoms with Crippen molar-refractivity contribution in [3.63, 3.8) is 0 Å². The second-order valence-electron chi connectivity index (χ2n) is 6.44. The van der Waals surface area contributed by atoms with Gasteiger partial charge < -0.3 is 5.32 Å². The van der Waals surface area contributed by atoms with Crippen molar-refractivity contribution < 1.29 is 13.2 Å². The number of hydrogen-bond donors (Lipinski definition) is 1. The average molecular weight is 490 g/mol. The van der Waals surface area contributed by atoms with Crippen molar-refractivity contribution in [3.8, 4) is 0 Å². The Kier molecular flexibility index (Phi) is 5.06. The summed E-state index contributed by atoms with van der Waals surface area (Å²) in [5.41, 5.74) is 2.74. The predicted octanol–water partition coefficient (Wildman–Crippen LogP) is 5.32. The quantitative estimate of drug-likeness (QED) is 0.541. The summed E-state index contributed by atoms with van der Waals surface area (Å²) in [6, 6.07) is 16.1. The molecule has 29 heavy (non-hydrogen) atoms. The maximum atomic E-state index is 12.7. The fourth-order valence-electron chi connectivity index (χ4n) is 3.07. The smallest absolute Gasteiger partial charge is 0.275 e. The van der Waals surface area contributed by atoms with Crippen molar-refractivity contribution in [2.75, 3.05) is 5.32 Å². The molecule has 3 aromatic carbocycles. The maximum Gasteiger partial charge on any atom is 0.275 e. The van der Waals surface area contributed by atoms with Gasteiger partial charge in [-0.25, -0.2) is 13.4 Å². The summed E-state index contributed by atoms with van der Waals surface area (Å²) in [5.74, 6) is -0.335. The molecule has 0 saturated heterocycles. The lowest BCUT2D eigenvalue weighted by molar-refractivity contribution is -0.110. The van der Waals surface area contributed by atoms with Gasteiger partial charge in [-0.05, 0) is 70.9 Å². The van der Waals surface area contributed by atoms with Crippen LogP contribution in [0, 0.1) is 6.92 Å². The van der Waals surface area contributed by atoms with E-state index in [1.165, 1.54) is 12.1 Å². The Balaban J connectivity index is 1.72. The first-order valence-electron chi connectivity index (χ1n) is 8.58. The van der Waals surface area contributed by atoms with Crippen LogP contribution in [0.5, 0.6) is 0 Å². The molecule has 1 heterocycles. The highest BCUT2D eigenvalue weighted by Gasteiger charge is 2.29. The molecule has 0 aliphatic carbocycles. The summed E-state index contributed by atoms with van der Waals surface area (Å²) in [6.45, 7) is 1.82. The van der Waals surface area contributed by atoms with Crippen LogP contribution in [0.25, 0.3) is 0 Å². The van der Waals surface area contributed by atoms with Gasteiger partial charge in [-0.2, -0.15) is 0 Å². The van der Waals surface area contributed by atoms with E-state index in [1.54, 1.807) is 48.5 Å². The highest BCUT2D eigenvalue weighted by molar-refractivity contribution is 9.10.